The van der Waals surface area contributed by atoms with Crippen LogP contribution in [0.5, 0.6) is 5.75 Å². The van der Waals surface area contributed by atoms with Crippen molar-refractivity contribution in [3.05, 3.63) is 29.8 Å². The fourth-order valence-electron chi connectivity index (χ4n) is 2.63. The number of carbonyl (C=O) groups excluding carboxylic acids is 1. The van der Waals surface area contributed by atoms with Gasteiger partial charge in [0.15, 0.2) is 0 Å². The zero-order valence-electron chi connectivity index (χ0n) is 12.6. The van der Waals surface area contributed by atoms with Crippen molar-refractivity contribution in [2.24, 2.45) is 5.92 Å². The van der Waals surface area contributed by atoms with Crippen LogP contribution in [0.4, 0.5) is 8.78 Å². The van der Waals surface area contributed by atoms with Gasteiger partial charge in [0.25, 0.3) is 0 Å². The number of alkyl halides is 2. The SMILES string of the molecule is CC(NC(=O)CCC1CCNC1)c1ccc(OC(F)F)cc1. The third-order valence-corrected chi connectivity index (χ3v) is 3.92. The molecule has 2 atom stereocenters. The minimum absolute atomic E-state index is 0.0207. The van der Waals surface area contributed by atoms with E-state index in [4.69, 9.17) is 0 Å². The number of hydrogen-bond donors (Lipinski definition) is 2. The van der Waals surface area contributed by atoms with Crippen LogP contribution in [0.15, 0.2) is 24.3 Å². The molecule has 1 aromatic carbocycles. The predicted octanol–water partition coefficient (Wildman–Crippen LogP) is 2.85. The summed E-state index contributed by atoms with van der Waals surface area (Å²) in [4.78, 5) is 11.9. The van der Waals surface area contributed by atoms with Gasteiger partial charge in [-0.2, -0.15) is 8.78 Å². The average Bonchev–Trinajstić information content (AvgIpc) is 2.98. The first kappa shape index (κ1) is 16.7. The summed E-state index contributed by atoms with van der Waals surface area (Å²) in [6, 6.07) is 6.17. The lowest BCUT2D eigenvalue weighted by Gasteiger charge is -2.16. The molecular formula is C16H22F2N2O2. The normalized spacial score (nSPS) is 19.2. The first-order chi connectivity index (χ1) is 10.5. The average molecular weight is 312 g/mol. The molecule has 1 saturated heterocycles. The molecule has 0 saturated carbocycles. The molecule has 1 fully saturated rings. The highest BCUT2D eigenvalue weighted by Crippen LogP contribution is 2.20. The highest BCUT2D eigenvalue weighted by atomic mass is 19.3. The number of carbonyl (C=O) groups is 1. The fourth-order valence-corrected chi connectivity index (χ4v) is 2.63. The highest BCUT2D eigenvalue weighted by Gasteiger charge is 2.17. The van der Waals surface area contributed by atoms with E-state index in [1.165, 1.54) is 12.1 Å². The van der Waals surface area contributed by atoms with E-state index in [2.05, 4.69) is 15.4 Å². The van der Waals surface area contributed by atoms with Crippen LogP contribution >= 0.6 is 0 Å². The lowest BCUT2D eigenvalue weighted by Crippen LogP contribution is -2.27. The number of halogens is 2. The van der Waals surface area contributed by atoms with E-state index in [1.54, 1.807) is 12.1 Å². The van der Waals surface area contributed by atoms with E-state index in [1.807, 2.05) is 6.92 Å². The summed E-state index contributed by atoms with van der Waals surface area (Å²) < 4.78 is 28.5. The molecule has 1 aromatic rings. The van der Waals surface area contributed by atoms with Crippen LogP contribution in [0, 0.1) is 5.92 Å². The minimum atomic E-state index is -2.83. The molecule has 22 heavy (non-hydrogen) atoms. The standard InChI is InChI=1S/C16H22F2N2O2/c1-11(13-3-5-14(6-4-13)22-16(17)18)20-15(21)7-2-12-8-9-19-10-12/h3-6,11-12,16,19H,2,7-10H2,1H3,(H,20,21). The molecule has 122 valence electrons. The molecule has 0 bridgehead atoms. The third kappa shape index (κ3) is 5.26. The third-order valence-electron chi connectivity index (χ3n) is 3.92. The molecule has 6 heteroatoms. The van der Waals surface area contributed by atoms with Crippen LogP contribution in [0.2, 0.25) is 0 Å². The molecule has 0 aliphatic carbocycles. The molecule has 1 heterocycles. The van der Waals surface area contributed by atoms with Crippen molar-refractivity contribution in [1.29, 1.82) is 0 Å². The van der Waals surface area contributed by atoms with Crippen LogP contribution in [0.3, 0.4) is 0 Å². The van der Waals surface area contributed by atoms with Crippen molar-refractivity contribution in [1.82, 2.24) is 10.6 Å². The van der Waals surface area contributed by atoms with Gasteiger partial charge < -0.3 is 15.4 Å². The largest absolute Gasteiger partial charge is 0.435 e. The van der Waals surface area contributed by atoms with Gasteiger partial charge in [0.05, 0.1) is 6.04 Å². The van der Waals surface area contributed by atoms with Crippen LogP contribution < -0.4 is 15.4 Å². The van der Waals surface area contributed by atoms with Gasteiger partial charge in [-0.25, -0.2) is 0 Å². The molecule has 4 nitrogen and oxygen atoms in total. The van der Waals surface area contributed by atoms with Gasteiger partial charge in [-0.15, -0.1) is 0 Å². The van der Waals surface area contributed by atoms with Gasteiger partial charge in [0.2, 0.25) is 5.91 Å². The Labute approximate surface area is 129 Å². The second-order valence-electron chi connectivity index (χ2n) is 5.63. The number of rotatable bonds is 7. The summed E-state index contributed by atoms with van der Waals surface area (Å²) in [5.74, 6) is 0.727. The van der Waals surface area contributed by atoms with Crippen LogP contribution in [0.1, 0.15) is 37.8 Å². The van der Waals surface area contributed by atoms with Gasteiger partial charge in [-0.05, 0) is 56.5 Å². The summed E-state index contributed by atoms with van der Waals surface area (Å²) in [6.07, 6.45) is 2.55. The first-order valence-corrected chi connectivity index (χ1v) is 7.59. The Morgan fingerprint density at radius 3 is 2.73 bits per heavy atom. The van der Waals surface area contributed by atoms with Crippen molar-refractivity contribution in [3.8, 4) is 5.75 Å². The van der Waals surface area contributed by atoms with E-state index >= 15 is 0 Å². The van der Waals surface area contributed by atoms with Gasteiger partial charge >= 0.3 is 6.61 Å². The summed E-state index contributed by atoms with van der Waals surface area (Å²) in [7, 11) is 0. The van der Waals surface area contributed by atoms with Gasteiger partial charge in [0, 0.05) is 6.42 Å². The quantitative estimate of drug-likeness (QED) is 0.814. The molecule has 0 radical (unpaired) electrons. The predicted molar refractivity (Wildman–Crippen MR) is 79.8 cm³/mol. The van der Waals surface area contributed by atoms with Crippen LogP contribution in [-0.4, -0.2) is 25.6 Å². The number of amides is 1. The van der Waals surface area contributed by atoms with E-state index in [0.717, 1.165) is 31.5 Å². The summed E-state index contributed by atoms with van der Waals surface area (Å²) in [6.45, 7) is 1.08. The van der Waals surface area contributed by atoms with Crippen molar-refractivity contribution >= 4 is 5.91 Å². The lowest BCUT2D eigenvalue weighted by atomic mass is 10.0. The maximum Gasteiger partial charge on any atom is 0.387 e. The van der Waals surface area contributed by atoms with Crippen LogP contribution in [0.25, 0.3) is 0 Å². The summed E-state index contributed by atoms with van der Waals surface area (Å²) in [5, 5.41) is 6.22. The highest BCUT2D eigenvalue weighted by molar-refractivity contribution is 5.76. The molecule has 1 aliphatic heterocycles. The van der Waals surface area contributed by atoms with Gasteiger partial charge in [-0.3, -0.25) is 4.79 Å². The Balaban J connectivity index is 1.77. The number of ether oxygens (including phenoxy) is 1. The van der Waals surface area contributed by atoms with E-state index in [-0.39, 0.29) is 17.7 Å². The maximum atomic E-state index is 12.1. The maximum absolute atomic E-state index is 12.1. The van der Waals surface area contributed by atoms with Crippen LogP contribution in [-0.2, 0) is 4.79 Å². The Hall–Kier alpha value is -1.69. The summed E-state index contributed by atoms with van der Waals surface area (Å²) >= 11 is 0. The van der Waals surface area contributed by atoms with Crippen molar-refractivity contribution < 1.29 is 18.3 Å². The second-order valence-corrected chi connectivity index (χ2v) is 5.63. The van der Waals surface area contributed by atoms with Gasteiger partial charge in [-0.1, -0.05) is 12.1 Å². The number of hydrogen-bond acceptors (Lipinski definition) is 3. The lowest BCUT2D eigenvalue weighted by molar-refractivity contribution is -0.122. The molecule has 2 rings (SSSR count). The molecule has 1 amide bonds. The zero-order valence-corrected chi connectivity index (χ0v) is 12.6. The molecule has 1 aliphatic rings. The Morgan fingerprint density at radius 1 is 1.41 bits per heavy atom. The molecule has 0 aromatic heterocycles. The van der Waals surface area contributed by atoms with E-state index in [0.29, 0.717) is 12.3 Å². The second kappa shape index (κ2) is 8.08. The van der Waals surface area contributed by atoms with Crippen molar-refractivity contribution in [2.45, 2.75) is 38.8 Å². The molecular weight excluding hydrogens is 290 g/mol. The molecule has 2 N–H and O–H groups in total. The van der Waals surface area contributed by atoms with E-state index < -0.39 is 6.61 Å². The molecule has 0 spiro atoms. The first-order valence-electron chi connectivity index (χ1n) is 7.59. The fraction of sp³-hybridized carbons (Fsp3) is 0.562. The van der Waals surface area contributed by atoms with Gasteiger partial charge in [0.1, 0.15) is 5.75 Å². The Morgan fingerprint density at radius 2 is 2.14 bits per heavy atom. The zero-order chi connectivity index (χ0) is 15.9. The van der Waals surface area contributed by atoms with E-state index in [9.17, 15) is 13.6 Å². The summed E-state index contributed by atoms with van der Waals surface area (Å²) in [5.41, 5.74) is 0.859. The molecule has 2 unspecified atom stereocenters. The Bertz CT molecular complexity index is 474. The number of benzene rings is 1. The monoisotopic (exact) mass is 312 g/mol. The van der Waals surface area contributed by atoms with Crippen molar-refractivity contribution in [2.75, 3.05) is 13.1 Å². The minimum Gasteiger partial charge on any atom is -0.435 e. The topological polar surface area (TPSA) is 50.4 Å². The smallest absolute Gasteiger partial charge is 0.387 e. The van der Waals surface area contributed by atoms with Crippen molar-refractivity contribution in [3.63, 3.8) is 0 Å². The Kier molecular flexibility index (Phi) is 6.12. The number of nitrogens with one attached hydrogen (secondary N) is 2.